The Labute approximate surface area is 120 Å². The molecular weight excluding hydrogens is 246 g/mol. The van der Waals surface area contributed by atoms with Crippen LogP contribution < -0.4 is 9.64 Å². The molecule has 0 fully saturated rings. The van der Waals surface area contributed by atoms with Crippen molar-refractivity contribution in [2.24, 2.45) is 0 Å². The Balaban J connectivity index is 1.98. The summed E-state index contributed by atoms with van der Waals surface area (Å²) in [5, 5.41) is 0. The molecule has 1 atom stereocenters. The number of anilines is 1. The Morgan fingerprint density at radius 3 is 2.70 bits per heavy atom. The standard InChI is InChI=1S/C18H19NO/c1-3-17(14-7-5-4-6-8-14)19-12-11-15-9-10-16(20-2)13-18(15)19/h3-10,13,17H,1,11-12H2,2H3/t17-/m0/s1. The van der Waals surface area contributed by atoms with Gasteiger partial charge >= 0.3 is 0 Å². The van der Waals surface area contributed by atoms with Gasteiger partial charge in [0.1, 0.15) is 5.75 Å². The number of rotatable bonds is 4. The zero-order chi connectivity index (χ0) is 13.9. The van der Waals surface area contributed by atoms with Crippen molar-refractivity contribution in [1.29, 1.82) is 0 Å². The first kappa shape index (κ1) is 12.8. The first-order valence-corrected chi connectivity index (χ1v) is 6.94. The van der Waals surface area contributed by atoms with E-state index < -0.39 is 0 Å². The minimum absolute atomic E-state index is 0.213. The SMILES string of the molecule is C=C[C@@H](c1ccccc1)N1CCc2ccc(OC)cc21. The van der Waals surface area contributed by atoms with E-state index in [4.69, 9.17) is 4.74 Å². The normalized spacial score (nSPS) is 14.8. The van der Waals surface area contributed by atoms with Gasteiger partial charge in [0.15, 0.2) is 0 Å². The van der Waals surface area contributed by atoms with E-state index >= 15 is 0 Å². The molecule has 0 unspecified atom stereocenters. The molecule has 0 saturated heterocycles. The summed E-state index contributed by atoms with van der Waals surface area (Å²) in [4.78, 5) is 2.40. The summed E-state index contributed by atoms with van der Waals surface area (Å²) in [7, 11) is 1.71. The van der Waals surface area contributed by atoms with Crippen LogP contribution in [0.15, 0.2) is 61.2 Å². The van der Waals surface area contributed by atoms with Gasteiger partial charge in [-0.25, -0.2) is 0 Å². The summed E-state index contributed by atoms with van der Waals surface area (Å²) in [6, 6.07) is 17.1. The minimum Gasteiger partial charge on any atom is -0.497 e. The molecule has 3 rings (SSSR count). The zero-order valence-corrected chi connectivity index (χ0v) is 11.8. The van der Waals surface area contributed by atoms with Gasteiger partial charge < -0.3 is 9.64 Å². The quantitative estimate of drug-likeness (QED) is 0.775. The van der Waals surface area contributed by atoms with Crippen molar-refractivity contribution in [3.05, 3.63) is 72.3 Å². The van der Waals surface area contributed by atoms with E-state index in [9.17, 15) is 0 Å². The minimum atomic E-state index is 0.213. The highest BCUT2D eigenvalue weighted by Gasteiger charge is 2.25. The Morgan fingerprint density at radius 1 is 1.20 bits per heavy atom. The summed E-state index contributed by atoms with van der Waals surface area (Å²) >= 11 is 0. The fraction of sp³-hybridized carbons (Fsp3) is 0.222. The van der Waals surface area contributed by atoms with Crippen LogP contribution in [0.1, 0.15) is 17.2 Å². The van der Waals surface area contributed by atoms with Crippen molar-refractivity contribution >= 4 is 5.69 Å². The Kier molecular flexibility index (Phi) is 3.46. The lowest BCUT2D eigenvalue weighted by Gasteiger charge is -2.28. The highest BCUT2D eigenvalue weighted by molar-refractivity contribution is 5.63. The second-order valence-corrected chi connectivity index (χ2v) is 5.03. The zero-order valence-electron chi connectivity index (χ0n) is 11.8. The van der Waals surface area contributed by atoms with Crippen LogP contribution in [0.5, 0.6) is 5.75 Å². The molecule has 2 heteroatoms. The van der Waals surface area contributed by atoms with Gasteiger partial charge in [-0.05, 0) is 23.6 Å². The van der Waals surface area contributed by atoms with Crippen LogP contribution >= 0.6 is 0 Å². The van der Waals surface area contributed by atoms with E-state index in [0.29, 0.717) is 0 Å². The molecule has 0 radical (unpaired) electrons. The molecule has 2 aromatic carbocycles. The van der Waals surface area contributed by atoms with Crippen molar-refractivity contribution in [3.63, 3.8) is 0 Å². The third-order valence-electron chi connectivity index (χ3n) is 3.92. The van der Waals surface area contributed by atoms with Gasteiger partial charge in [0.25, 0.3) is 0 Å². The van der Waals surface area contributed by atoms with Crippen LogP contribution in [0.3, 0.4) is 0 Å². The number of fused-ring (bicyclic) bond motifs is 1. The third kappa shape index (κ3) is 2.18. The topological polar surface area (TPSA) is 12.5 Å². The number of ether oxygens (including phenoxy) is 1. The molecule has 1 aliphatic heterocycles. The fourth-order valence-corrected chi connectivity index (χ4v) is 2.89. The molecule has 2 aromatic rings. The maximum absolute atomic E-state index is 5.35. The number of hydrogen-bond acceptors (Lipinski definition) is 2. The fourth-order valence-electron chi connectivity index (χ4n) is 2.89. The van der Waals surface area contributed by atoms with Crippen LogP contribution in [0.4, 0.5) is 5.69 Å². The number of hydrogen-bond donors (Lipinski definition) is 0. The molecule has 0 saturated carbocycles. The molecule has 20 heavy (non-hydrogen) atoms. The predicted octanol–water partition coefficient (Wildman–Crippen LogP) is 3.99. The molecule has 0 aliphatic carbocycles. The molecule has 0 N–H and O–H groups in total. The molecular formula is C18H19NO. The lowest BCUT2D eigenvalue weighted by molar-refractivity contribution is 0.415. The summed E-state index contributed by atoms with van der Waals surface area (Å²) in [5.74, 6) is 0.909. The highest BCUT2D eigenvalue weighted by Crippen LogP contribution is 2.37. The monoisotopic (exact) mass is 265 g/mol. The number of benzene rings is 2. The lowest BCUT2D eigenvalue weighted by Crippen LogP contribution is -2.25. The van der Waals surface area contributed by atoms with Crippen LogP contribution in [0.25, 0.3) is 0 Å². The Morgan fingerprint density at radius 2 is 2.00 bits per heavy atom. The van der Waals surface area contributed by atoms with Crippen molar-refractivity contribution in [2.45, 2.75) is 12.5 Å². The first-order chi connectivity index (χ1) is 9.83. The van der Waals surface area contributed by atoms with E-state index in [1.165, 1.54) is 16.8 Å². The van der Waals surface area contributed by atoms with Crippen molar-refractivity contribution < 1.29 is 4.74 Å². The van der Waals surface area contributed by atoms with Gasteiger partial charge in [-0.2, -0.15) is 0 Å². The van der Waals surface area contributed by atoms with E-state index in [2.05, 4.69) is 47.9 Å². The largest absolute Gasteiger partial charge is 0.497 e. The van der Waals surface area contributed by atoms with Crippen LogP contribution in [-0.4, -0.2) is 13.7 Å². The van der Waals surface area contributed by atoms with E-state index in [1.807, 2.05) is 18.2 Å². The summed E-state index contributed by atoms with van der Waals surface area (Å²) < 4.78 is 5.35. The second-order valence-electron chi connectivity index (χ2n) is 5.03. The predicted molar refractivity (Wildman–Crippen MR) is 83.4 cm³/mol. The number of nitrogens with zero attached hydrogens (tertiary/aromatic N) is 1. The van der Waals surface area contributed by atoms with E-state index in [0.717, 1.165) is 18.7 Å². The third-order valence-corrected chi connectivity index (χ3v) is 3.92. The molecule has 0 aromatic heterocycles. The smallest absolute Gasteiger partial charge is 0.120 e. The first-order valence-electron chi connectivity index (χ1n) is 6.94. The van der Waals surface area contributed by atoms with Crippen LogP contribution in [-0.2, 0) is 6.42 Å². The van der Waals surface area contributed by atoms with Gasteiger partial charge in [-0.15, -0.1) is 6.58 Å². The van der Waals surface area contributed by atoms with Crippen LogP contribution in [0.2, 0.25) is 0 Å². The Hall–Kier alpha value is -2.22. The number of methoxy groups -OCH3 is 1. The van der Waals surface area contributed by atoms with Crippen LogP contribution in [0, 0.1) is 0 Å². The van der Waals surface area contributed by atoms with Gasteiger partial charge in [0.05, 0.1) is 13.2 Å². The van der Waals surface area contributed by atoms with Gasteiger partial charge in [0, 0.05) is 18.3 Å². The average Bonchev–Trinajstić information content (AvgIpc) is 2.92. The maximum atomic E-state index is 5.35. The molecule has 0 spiro atoms. The summed E-state index contributed by atoms with van der Waals surface area (Å²) in [5.41, 5.74) is 3.92. The molecule has 102 valence electrons. The Bertz CT molecular complexity index is 606. The van der Waals surface area contributed by atoms with E-state index in [-0.39, 0.29) is 6.04 Å². The molecule has 0 bridgehead atoms. The van der Waals surface area contributed by atoms with Crippen molar-refractivity contribution in [3.8, 4) is 5.75 Å². The highest BCUT2D eigenvalue weighted by atomic mass is 16.5. The molecule has 2 nitrogen and oxygen atoms in total. The lowest BCUT2D eigenvalue weighted by atomic mass is 10.1. The summed E-state index contributed by atoms with van der Waals surface area (Å²) in [6.45, 7) is 5.05. The van der Waals surface area contributed by atoms with Crippen molar-refractivity contribution in [1.82, 2.24) is 0 Å². The second kappa shape index (κ2) is 5.41. The average molecular weight is 265 g/mol. The van der Waals surface area contributed by atoms with Gasteiger partial charge in [-0.1, -0.05) is 42.5 Å². The molecule has 1 aliphatic rings. The van der Waals surface area contributed by atoms with E-state index in [1.54, 1.807) is 7.11 Å². The van der Waals surface area contributed by atoms with Gasteiger partial charge in [-0.3, -0.25) is 0 Å². The summed E-state index contributed by atoms with van der Waals surface area (Å²) in [6.07, 6.45) is 3.10. The molecule has 0 amide bonds. The van der Waals surface area contributed by atoms with Crippen molar-refractivity contribution in [2.75, 3.05) is 18.6 Å². The maximum Gasteiger partial charge on any atom is 0.120 e. The van der Waals surface area contributed by atoms with Gasteiger partial charge in [0.2, 0.25) is 0 Å². The molecule has 1 heterocycles.